The largest absolute Gasteiger partial charge is 0.313 e. The van der Waals surface area contributed by atoms with Gasteiger partial charge in [0.05, 0.1) is 0 Å². The predicted octanol–water partition coefficient (Wildman–Crippen LogP) is 6.17. The standard InChI is InChI=1S/C19H39NS/c1-3-5-6-7-8-10-13-18(20-16-4-2)17-21-19-14-11-9-12-15-19/h18-20H,3-17H2,1-2H3. The van der Waals surface area contributed by atoms with Crippen molar-refractivity contribution in [2.24, 2.45) is 0 Å². The van der Waals surface area contributed by atoms with Gasteiger partial charge in [-0.3, -0.25) is 0 Å². The summed E-state index contributed by atoms with van der Waals surface area (Å²) in [4.78, 5) is 0. The summed E-state index contributed by atoms with van der Waals surface area (Å²) in [6.45, 7) is 5.78. The lowest BCUT2D eigenvalue weighted by Crippen LogP contribution is -2.32. The van der Waals surface area contributed by atoms with Crippen molar-refractivity contribution in [3.05, 3.63) is 0 Å². The van der Waals surface area contributed by atoms with Crippen LogP contribution in [0.4, 0.5) is 0 Å². The van der Waals surface area contributed by atoms with E-state index in [0.29, 0.717) is 0 Å². The first-order chi connectivity index (χ1) is 10.4. The summed E-state index contributed by atoms with van der Waals surface area (Å²) < 4.78 is 0. The molecule has 0 aromatic heterocycles. The van der Waals surface area contributed by atoms with Crippen molar-refractivity contribution in [2.75, 3.05) is 12.3 Å². The number of rotatable bonds is 13. The Morgan fingerprint density at radius 1 is 0.905 bits per heavy atom. The van der Waals surface area contributed by atoms with Gasteiger partial charge >= 0.3 is 0 Å². The van der Waals surface area contributed by atoms with Crippen LogP contribution in [0.15, 0.2) is 0 Å². The van der Waals surface area contributed by atoms with E-state index in [1.807, 2.05) is 0 Å². The molecule has 0 aromatic carbocycles. The van der Waals surface area contributed by atoms with E-state index < -0.39 is 0 Å². The number of unbranched alkanes of at least 4 members (excludes halogenated alkanes) is 5. The molecular formula is C19H39NS. The molecule has 126 valence electrons. The van der Waals surface area contributed by atoms with Crippen molar-refractivity contribution in [3.63, 3.8) is 0 Å². The van der Waals surface area contributed by atoms with Crippen molar-refractivity contribution in [3.8, 4) is 0 Å². The number of thioether (sulfide) groups is 1. The predicted molar refractivity (Wildman–Crippen MR) is 99.4 cm³/mol. The maximum atomic E-state index is 3.79. The zero-order chi connectivity index (χ0) is 15.2. The fraction of sp³-hybridized carbons (Fsp3) is 1.00. The Kier molecular flexibility index (Phi) is 12.8. The van der Waals surface area contributed by atoms with E-state index in [-0.39, 0.29) is 0 Å². The third-order valence-corrected chi connectivity index (χ3v) is 6.21. The molecule has 1 fully saturated rings. The van der Waals surface area contributed by atoms with Crippen LogP contribution in [0.2, 0.25) is 0 Å². The molecule has 1 saturated carbocycles. The highest BCUT2D eigenvalue weighted by Gasteiger charge is 2.16. The van der Waals surface area contributed by atoms with E-state index in [1.54, 1.807) is 0 Å². The SMILES string of the molecule is CCCCCCCCC(CSC1CCCCC1)NCCC. The Labute approximate surface area is 138 Å². The van der Waals surface area contributed by atoms with Crippen molar-refractivity contribution < 1.29 is 0 Å². The van der Waals surface area contributed by atoms with Gasteiger partial charge in [0.15, 0.2) is 0 Å². The van der Waals surface area contributed by atoms with Gasteiger partial charge in [0.25, 0.3) is 0 Å². The fourth-order valence-corrected chi connectivity index (χ4v) is 4.70. The Balaban J connectivity index is 2.10. The van der Waals surface area contributed by atoms with E-state index in [0.717, 1.165) is 11.3 Å². The molecule has 0 heterocycles. The molecular weight excluding hydrogens is 274 g/mol. The van der Waals surface area contributed by atoms with Crippen molar-refractivity contribution in [2.45, 2.75) is 109 Å². The molecule has 0 spiro atoms. The highest BCUT2D eigenvalue weighted by molar-refractivity contribution is 7.99. The van der Waals surface area contributed by atoms with E-state index in [4.69, 9.17) is 0 Å². The minimum atomic E-state index is 0.767. The lowest BCUT2D eigenvalue weighted by molar-refractivity contribution is 0.480. The van der Waals surface area contributed by atoms with Crippen LogP contribution < -0.4 is 5.32 Å². The highest BCUT2D eigenvalue weighted by Crippen LogP contribution is 2.29. The molecule has 1 unspecified atom stereocenters. The molecule has 1 atom stereocenters. The van der Waals surface area contributed by atoms with Gasteiger partial charge in [0, 0.05) is 17.0 Å². The van der Waals surface area contributed by atoms with Gasteiger partial charge < -0.3 is 5.32 Å². The molecule has 1 rings (SSSR count). The third kappa shape index (κ3) is 10.6. The van der Waals surface area contributed by atoms with Crippen molar-refractivity contribution in [1.82, 2.24) is 5.32 Å². The summed E-state index contributed by atoms with van der Waals surface area (Å²) in [6, 6.07) is 0.767. The second-order valence-electron chi connectivity index (χ2n) is 6.80. The zero-order valence-electron chi connectivity index (χ0n) is 14.7. The third-order valence-electron chi connectivity index (χ3n) is 4.67. The van der Waals surface area contributed by atoms with Crippen LogP contribution in [0.3, 0.4) is 0 Å². The van der Waals surface area contributed by atoms with Crippen LogP contribution in [0.25, 0.3) is 0 Å². The summed E-state index contributed by atoms with van der Waals surface area (Å²) >= 11 is 2.27. The first-order valence-electron chi connectivity index (χ1n) is 9.71. The summed E-state index contributed by atoms with van der Waals surface area (Å²) in [7, 11) is 0. The maximum Gasteiger partial charge on any atom is 0.0158 e. The highest BCUT2D eigenvalue weighted by atomic mass is 32.2. The van der Waals surface area contributed by atoms with Gasteiger partial charge in [-0.25, -0.2) is 0 Å². The average Bonchev–Trinajstić information content (AvgIpc) is 2.53. The minimum Gasteiger partial charge on any atom is -0.313 e. The summed E-state index contributed by atoms with van der Waals surface area (Å²) in [6.07, 6.45) is 18.6. The Morgan fingerprint density at radius 2 is 1.62 bits per heavy atom. The monoisotopic (exact) mass is 313 g/mol. The Morgan fingerprint density at radius 3 is 2.33 bits per heavy atom. The summed E-state index contributed by atoms with van der Waals surface area (Å²) in [5.41, 5.74) is 0. The molecule has 0 aromatic rings. The quantitative estimate of drug-likeness (QED) is 0.408. The van der Waals surface area contributed by atoms with Crippen LogP contribution in [-0.2, 0) is 0 Å². The molecule has 0 saturated heterocycles. The number of nitrogens with one attached hydrogen (secondary N) is 1. The molecule has 1 aliphatic rings. The fourth-order valence-electron chi connectivity index (χ4n) is 3.25. The first kappa shape index (κ1) is 19.4. The van der Waals surface area contributed by atoms with Crippen LogP contribution in [0.1, 0.15) is 97.3 Å². The first-order valence-corrected chi connectivity index (χ1v) is 10.8. The molecule has 1 nitrogen and oxygen atoms in total. The van der Waals surface area contributed by atoms with Gasteiger partial charge in [-0.2, -0.15) is 11.8 Å². The number of hydrogen-bond acceptors (Lipinski definition) is 2. The van der Waals surface area contributed by atoms with Crippen molar-refractivity contribution >= 4 is 11.8 Å². The lowest BCUT2D eigenvalue weighted by Gasteiger charge is -2.24. The van der Waals surface area contributed by atoms with Gasteiger partial charge in [0.1, 0.15) is 0 Å². The lowest BCUT2D eigenvalue weighted by atomic mass is 10.0. The molecule has 0 radical (unpaired) electrons. The molecule has 0 bridgehead atoms. The molecule has 0 amide bonds. The van der Waals surface area contributed by atoms with Crippen LogP contribution in [0.5, 0.6) is 0 Å². The van der Waals surface area contributed by atoms with Crippen LogP contribution in [0, 0.1) is 0 Å². The minimum absolute atomic E-state index is 0.767. The van der Waals surface area contributed by atoms with Gasteiger partial charge in [-0.1, -0.05) is 71.6 Å². The Hall–Kier alpha value is 0.310. The molecule has 1 N–H and O–H groups in total. The molecule has 1 aliphatic carbocycles. The van der Waals surface area contributed by atoms with Crippen molar-refractivity contribution in [1.29, 1.82) is 0 Å². The van der Waals surface area contributed by atoms with Gasteiger partial charge in [-0.05, 0) is 32.2 Å². The second kappa shape index (κ2) is 13.9. The van der Waals surface area contributed by atoms with E-state index in [1.165, 1.54) is 95.8 Å². The van der Waals surface area contributed by atoms with Crippen LogP contribution in [-0.4, -0.2) is 23.6 Å². The smallest absolute Gasteiger partial charge is 0.0158 e. The van der Waals surface area contributed by atoms with Gasteiger partial charge in [-0.15, -0.1) is 0 Å². The van der Waals surface area contributed by atoms with Gasteiger partial charge in [0.2, 0.25) is 0 Å². The normalized spacial score (nSPS) is 18.0. The van der Waals surface area contributed by atoms with E-state index >= 15 is 0 Å². The molecule has 21 heavy (non-hydrogen) atoms. The van der Waals surface area contributed by atoms with E-state index in [9.17, 15) is 0 Å². The number of hydrogen-bond donors (Lipinski definition) is 1. The average molecular weight is 314 g/mol. The topological polar surface area (TPSA) is 12.0 Å². The maximum absolute atomic E-state index is 3.79. The molecule has 0 aliphatic heterocycles. The van der Waals surface area contributed by atoms with E-state index in [2.05, 4.69) is 30.9 Å². The Bertz CT molecular complexity index is 214. The second-order valence-corrected chi connectivity index (χ2v) is 8.13. The summed E-state index contributed by atoms with van der Waals surface area (Å²) in [5.74, 6) is 1.35. The summed E-state index contributed by atoms with van der Waals surface area (Å²) in [5, 5.41) is 4.76. The van der Waals surface area contributed by atoms with Crippen LogP contribution >= 0.6 is 11.8 Å². The zero-order valence-corrected chi connectivity index (χ0v) is 15.5. The molecule has 2 heteroatoms.